The molecule has 0 heterocycles. The molecule has 3 rings (SSSR count). The number of carbonyl (C=O) groups excluding carboxylic acids is 4. The van der Waals surface area contributed by atoms with E-state index in [0.29, 0.717) is 0 Å². The first-order valence-electron chi connectivity index (χ1n) is 16.9. The van der Waals surface area contributed by atoms with Gasteiger partial charge in [0.2, 0.25) is 5.91 Å². The summed E-state index contributed by atoms with van der Waals surface area (Å²) in [5.41, 5.74) is 8.49. The number of carboxylic acids is 2. The highest BCUT2D eigenvalue weighted by atomic mass is 16.5. The van der Waals surface area contributed by atoms with Gasteiger partial charge in [0.25, 0.3) is 5.97 Å². The fourth-order valence-corrected chi connectivity index (χ4v) is 4.30. The molecule has 3 aromatic carbocycles. The van der Waals surface area contributed by atoms with E-state index in [0.717, 1.165) is 23.6 Å². The number of nitrogens with one attached hydrogen (secondary N) is 1. The number of rotatable bonds is 14. The molecule has 13 heteroatoms. The van der Waals surface area contributed by atoms with Gasteiger partial charge in [0.15, 0.2) is 13.2 Å². The van der Waals surface area contributed by atoms with Crippen LogP contribution in [0.4, 0.5) is 0 Å². The highest BCUT2D eigenvalue weighted by Gasteiger charge is 2.18. The standard InChI is InChI=1S/C14H15NO3.C12H13NO2.C12H14O3.C3H4O.C2H4O2/c1-3-9-18-14(17)10-13(15-11(2)16)12-7-5-4-6-8-12;1-2-8-15-12(14)9-11(13)10-6-4-3-5-7-10;1-9(13)7-11(8-12(14)15)10-5-3-2-4-6-10;1-2-3-4;1-2(3)4/h1,4-8,13H,9-10H2,2H3,(H,15,16);1,3-7,11H,8-9,13H2;2-6,11H,7-8H2,1H3,(H,14,15);1,4H,3H2;1H3,(H,3,4). The highest BCUT2D eigenvalue weighted by Crippen LogP contribution is 2.23. The van der Waals surface area contributed by atoms with Crippen molar-refractivity contribution in [2.45, 2.75) is 64.5 Å². The lowest BCUT2D eigenvalue weighted by Crippen LogP contribution is -2.28. The normalized spacial score (nSPS) is 10.7. The summed E-state index contributed by atoms with van der Waals surface area (Å²) < 4.78 is 9.53. The van der Waals surface area contributed by atoms with Crippen molar-refractivity contribution < 1.29 is 53.6 Å². The zero-order valence-corrected chi connectivity index (χ0v) is 31.8. The van der Waals surface area contributed by atoms with E-state index < -0.39 is 23.9 Å². The molecule has 56 heavy (non-hydrogen) atoms. The van der Waals surface area contributed by atoms with Gasteiger partial charge in [-0.3, -0.25) is 24.0 Å². The third kappa shape index (κ3) is 29.8. The molecule has 0 aliphatic carbocycles. The average Bonchev–Trinajstić information content (AvgIpc) is 3.16. The molecule has 1 amide bonds. The van der Waals surface area contributed by atoms with Crippen LogP contribution in [0, 0.1) is 37.0 Å². The summed E-state index contributed by atoms with van der Waals surface area (Å²) >= 11 is 0. The molecule has 0 aliphatic rings. The number of hydrogen-bond acceptors (Lipinski definition) is 10. The van der Waals surface area contributed by atoms with Gasteiger partial charge in [-0.1, -0.05) is 109 Å². The van der Waals surface area contributed by atoms with Crippen LogP contribution in [0.15, 0.2) is 91.0 Å². The van der Waals surface area contributed by atoms with Crippen LogP contribution in [0.1, 0.15) is 81.1 Å². The molecule has 0 bridgehead atoms. The molecule has 298 valence electrons. The van der Waals surface area contributed by atoms with Crippen LogP contribution in [-0.2, 0) is 38.2 Å². The van der Waals surface area contributed by atoms with Crippen molar-refractivity contribution in [3.8, 4) is 37.0 Å². The van der Waals surface area contributed by atoms with Gasteiger partial charge < -0.3 is 40.6 Å². The number of Topliss-reactive ketones (excluding diaryl/α,β-unsaturated/α-hetero) is 1. The number of amides is 1. The van der Waals surface area contributed by atoms with E-state index in [1.807, 2.05) is 96.9 Å². The molecule has 0 saturated heterocycles. The van der Waals surface area contributed by atoms with Crippen molar-refractivity contribution in [1.82, 2.24) is 5.32 Å². The van der Waals surface area contributed by atoms with Crippen LogP contribution in [0.25, 0.3) is 0 Å². The van der Waals surface area contributed by atoms with Gasteiger partial charge >= 0.3 is 17.9 Å². The number of ether oxygens (including phenoxy) is 2. The minimum absolute atomic E-state index is 0.000340. The lowest BCUT2D eigenvalue weighted by atomic mass is 9.91. The summed E-state index contributed by atoms with van der Waals surface area (Å²) in [5.74, 6) is 3.54. The first kappa shape index (κ1) is 51.4. The van der Waals surface area contributed by atoms with Crippen molar-refractivity contribution in [3.05, 3.63) is 108 Å². The SMILES string of the molecule is C#CCO.C#CCOC(=O)CC(N)c1ccccc1.C#CCOC(=O)CC(NC(C)=O)c1ccccc1.CC(=O)CC(CC(=O)O)c1ccccc1.CC(=O)O. The van der Waals surface area contributed by atoms with Crippen LogP contribution in [0.2, 0.25) is 0 Å². The number of nitrogens with two attached hydrogens (primary N) is 1. The lowest BCUT2D eigenvalue weighted by Gasteiger charge is -2.17. The van der Waals surface area contributed by atoms with Crippen LogP contribution in [0.5, 0.6) is 0 Å². The molecule has 0 fully saturated rings. The Balaban J connectivity index is 0. The summed E-state index contributed by atoms with van der Waals surface area (Å²) in [5, 5.41) is 26.5. The van der Waals surface area contributed by atoms with Crippen LogP contribution >= 0.6 is 0 Å². The number of esters is 2. The largest absolute Gasteiger partial charge is 0.481 e. The summed E-state index contributed by atoms with van der Waals surface area (Å²) in [6.07, 6.45) is 15.0. The molecule has 0 aliphatic heterocycles. The Morgan fingerprint density at radius 2 is 1.04 bits per heavy atom. The smallest absolute Gasteiger partial charge is 0.309 e. The molecule has 13 nitrogen and oxygen atoms in total. The maximum atomic E-state index is 11.5. The second-order valence-electron chi connectivity index (χ2n) is 11.3. The number of aliphatic hydroxyl groups excluding tert-OH is 1. The fraction of sp³-hybridized carbons (Fsp3) is 0.302. The molecule has 0 aromatic heterocycles. The minimum atomic E-state index is -0.870. The number of ketones is 1. The minimum Gasteiger partial charge on any atom is -0.481 e. The number of benzene rings is 3. The van der Waals surface area contributed by atoms with Gasteiger partial charge in [-0.15, -0.1) is 19.3 Å². The number of hydrogen-bond donors (Lipinski definition) is 5. The Kier molecular flexibility index (Phi) is 30.2. The summed E-state index contributed by atoms with van der Waals surface area (Å²) in [6.45, 7) is 3.77. The Morgan fingerprint density at radius 1 is 0.643 bits per heavy atom. The summed E-state index contributed by atoms with van der Waals surface area (Å²) in [6, 6.07) is 27.2. The maximum Gasteiger partial charge on any atom is 0.309 e. The molecule has 3 atom stereocenters. The van der Waals surface area contributed by atoms with Crippen molar-refractivity contribution in [3.63, 3.8) is 0 Å². The molecule has 0 saturated carbocycles. The van der Waals surface area contributed by atoms with E-state index in [-0.39, 0.29) is 75.1 Å². The van der Waals surface area contributed by atoms with E-state index in [9.17, 15) is 24.0 Å². The van der Waals surface area contributed by atoms with E-state index in [2.05, 4.69) is 23.6 Å². The molecule has 0 radical (unpaired) electrons. The van der Waals surface area contributed by atoms with Crippen molar-refractivity contribution in [2.75, 3.05) is 19.8 Å². The lowest BCUT2D eigenvalue weighted by molar-refractivity contribution is -0.143. The zero-order valence-electron chi connectivity index (χ0n) is 31.8. The van der Waals surface area contributed by atoms with Gasteiger partial charge in [0.05, 0.1) is 25.3 Å². The number of carbonyl (C=O) groups is 6. The predicted molar refractivity (Wildman–Crippen MR) is 211 cm³/mol. The molecule has 3 aromatic rings. The topological polar surface area (TPSA) is 220 Å². The van der Waals surface area contributed by atoms with Gasteiger partial charge in [0.1, 0.15) is 12.4 Å². The Labute approximate surface area is 328 Å². The summed E-state index contributed by atoms with van der Waals surface area (Å²) in [4.78, 5) is 64.5. The van der Waals surface area contributed by atoms with E-state index >= 15 is 0 Å². The Bertz CT molecular complexity index is 1710. The highest BCUT2D eigenvalue weighted by molar-refractivity contribution is 5.78. The first-order chi connectivity index (χ1) is 26.6. The third-order valence-corrected chi connectivity index (χ3v) is 6.51. The monoisotopic (exact) mass is 770 g/mol. The number of terminal acetylenes is 3. The number of carboxylic acid groups (broad SMARTS) is 2. The molecule has 0 spiro atoms. The van der Waals surface area contributed by atoms with Crippen molar-refractivity contribution in [1.29, 1.82) is 0 Å². The number of aliphatic carboxylic acids is 2. The molecule has 3 unspecified atom stereocenters. The van der Waals surface area contributed by atoms with Crippen molar-refractivity contribution >= 4 is 35.6 Å². The Morgan fingerprint density at radius 3 is 1.39 bits per heavy atom. The van der Waals surface area contributed by atoms with E-state index in [4.69, 9.17) is 48.2 Å². The maximum absolute atomic E-state index is 11.5. The first-order valence-corrected chi connectivity index (χ1v) is 16.9. The third-order valence-electron chi connectivity index (χ3n) is 6.51. The molecule has 6 N–H and O–H groups in total. The average molecular weight is 771 g/mol. The summed E-state index contributed by atoms with van der Waals surface area (Å²) in [7, 11) is 0. The number of aliphatic hydroxyl groups is 1. The Hall–Kier alpha value is -6.72. The van der Waals surface area contributed by atoms with Crippen molar-refractivity contribution in [2.24, 2.45) is 5.73 Å². The van der Waals surface area contributed by atoms with E-state index in [1.165, 1.54) is 13.8 Å². The van der Waals surface area contributed by atoms with Gasteiger partial charge in [0, 0.05) is 32.2 Å². The van der Waals surface area contributed by atoms with Gasteiger partial charge in [-0.25, -0.2) is 0 Å². The fourth-order valence-electron chi connectivity index (χ4n) is 4.30. The van der Waals surface area contributed by atoms with Crippen LogP contribution < -0.4 is 11.1 Å². The molecular formula is C43H50N2O11. The molecular weight excluding hydrogens is 720 g/mol. The van der Waals surface area contributed by atoms with E-state index in [1.54, 1.807) is 0 Å². The second-order valence-corrected chi connectivity index (χ2v) is 11.3. The predicted octanol–water partition coefficient (Wildman–Crippen LogP) is 4.61. The van der Waals surface area contributed by atoms with Crippen LogP contribution in [0.3, 0.4) is 0 Å². The van der Waals surface area contributed by atoms with Gasteiger partial charge in [-0.05, 0) is 23.6 Å². The second kappa shape index (κ2) is 32.9. The van der Waals surface area contributed by atoms with Gasteiger partial charge in [-0.2, -0.15) is 0 Å². The van der Waals surface area contributed by atoms with Crippen LogP contribution in [-0.4, -0.2) is 70.7 Å². The quantitative estimate of drug-likeness (QED) is 0.112. The zero-order chi connectivity index (χ0) is 42.7.